The first-order valence-electron chi connectivity index (χ1n) is 7.60. The second-order valence-corrected chi connectivity index (χ2v) is 5.55. The predicted octanol–water partition coefficient (Wildman–Crippen LogP) is 3.92. The molecule has 1 atom stereocenters. The standard InChI is InChI=1S/C17H26O3/c1-13-11-16(12-14(2)15(13)3)18-9-6-10-20-17-7-4-5-8-19-17/h11-12,17H,4-10H2,1-3H3. The highest BCUT2D eigenvalue weighted by Gasteiger charge is 2.13. The lowest BCUT2D eigenvalue weighted by Crippen LogP contribution is -2.23. The van der Waals surface area contributed by atoms with Crippen LogP contribution in [0, 0.1) is 20.8 Å². The molecule has 20 heavy (non-hydrogen) atoms. The molecule has 1 aromatic carbocycles. The fraction of sp³-hybridized carbons (Fsp3) is 0.647. The summed E-state index contributed by atoms with van der Waals surface area (Å²) in [6.45, 7) is 8.62. The number of benzene rings is 1. The topological polar surface area (TPSA) is 27.7 Å². The van der Waals surface area contributed by atoms with Gasteiger partial charge in [-0.25, -0.2) is 0 Å². The summed E-state index contributed by atoms with van der Waals surface area (Å²) in [7, 11) is 0. The molecule has 0 amide bonds. The Kier molecular flexibility index (Phi) is 5.86. The largest absolute Gasteiger partial charge is 0.493 e. The Morgan fingerprint density at radius 1 is 1.10 bits per heavy atom. The van der Waals surface area contributed by atoms with Crippen molar-refractivity contribution in [3.8, 4) is 5.75 Å². The van der Waals surface area contributed by atoms with Gasteiger partial charge in [0.15, 0.2) is 6.29 Å². The lowest BCUT2D eigenvalue weighted by atomic mass is 10.0. The normalized spacial score (nSPS) is 19.1. The van der Waals surface area contributed by atoms with Crippen molar-refractivity contribution in [1.82, 2.24) is 0 Å². The minimum atomic E-state index is 0.00705. The van der Waals surface area contributed by atoms with Gasteiger partial charge in [-0.3, -0.25) is 0 Å². The van der Waals surface area contributed by atoms with Crippen LogP contribution in [0.3, 0.4) is 0 Å². The Morgan fingerprint density at radius 3 is 2.50 bits per heavy atom. The highest BCUT2D eigenvalue weighted by molar-refractivity contribution is 5.40. The molecule has 3 nitrogen and oxygen atoms in total. The van der Waals surface area contributed by atoms with Gasteiger partial charge in [0.25, 0.3) is 0 Å². The van der Waals surface area contributed by atoms with Gasteiger partial charge in [-0.1, -0.05) is 0 Å². The highest BCUT2D eigenvalue weighted by Crippen LogP contribution is 2.21. The van der Waals surface area contributed by atoms with Gasteiger partial charge < -0.3 is 14.2 Å². The maximum Gasteiger partial charge on any atom is 0.157 e. The van der Waals surface area contributed by atoms with Crippen molar-refractivity contribution in [2.24, 2.45) is 0 Å². The quantitative estimate of drug-likeness (QED) is 0.738. The van der Waals surface area contributed by atoms with Gasteiger partial charge in [0, 0.05) is 13.0 Å². The van der Waals surface area contributed by atoms with E-state index in [-0.39, 0.29) is 6.29 Å². The predicted molar refractivity (Wildman–Crippen MR) is 80.3 cm³/mol. The molecule has 0 spiro atoms. The number of hydrogen-bond acceptors (Lipinski definition) is 3. The van der Waals surface area contributed by atoms with Gasteiger partial charge >= 0.3 is 0 Å². The number of ether oxygens (including phenoxy) is 3. The van der Waals surface area contributed by atoms with Gasteiger partial charge in [-0.05, 0) is 68.9 Å². The Hall–Kier alpha value is -1.06. The first-order chi connectivity index (χ1) is 9.66. The van der Waals surface area contributed by atoms with Crippen molar-refractivity contribution in [3.05, 3.63) is 28.8 Å². The fourth-order valence-corrected chi connectivity index (χ4v) is 2.39. The number of rotatable bonds is 6. The molecule has 0 aromatic heterocycles. The molecule has 1 fully saturated rings. The van der Waals surface area contributed by atoms with Gasteiger partial charge in [0.1, 0.15) is 5.75 Å². The van der Waals surface area contributed by atoms with E-state index in [2.05, 4.69) is 32.9 Å². The molecule has 112 valence electrons. The maximum atomic E-state index is 5.79. The van der Waals surface area contributed by atoms with Crippen molar-refractivity contribution < 1.29 is 14.2 Å². The van der Waals surface area contributed by atoms with Crippen molar-refractivity contribution in [2.75, 3.05) is 19.8 Å². The zero-order valence-corrected chi connectivity index (χ0v) is 12.9. The number of hydrogen-bond donors (Lipinski definition) is 0. The van der Waals surface area contributed by atoms with Crippen LogP contribution in [0.2, 0.25) is 0 Å². The minimum Gasteiger partial charge on any atom is -0.493 e. The SMILES string of the molecule is Cc1cc(OCCCOC2CCCCO2)cc(C)c1C. The lowest BCUT2D eigenvalue weighted by molar-refractivity contribution is -0.163. The van der Waals surface area contributed by atoms with E-state index in [1.807, 2.05) is 0 Å². The number of aryl methyl sites for hydroxylation is 2. The third-order valence-electron chi connectivity index (χ3n) is 3.90. The summed E-state index contributed by atoms with van der Waals surface area (Å²) in [4.78, 5) is 0. The van der Waals surface area contributed by atoms with E-state index in [9.17, 15) is 0 Å². The third kappa shape index (κ3) is 4.50. The summed E-state index contributed by atoms with van der Waals surface area (Å²) in [5.74, 6) is 0.958. The molecular formula is C17H26O3. The molecule has 1 aliphatic heterocycles. The van der Waals surface area contributed by atoms with Gasteiger partial charge in [0.05, 0.1) is 13.2 Å². The Morgan fingerprint density at radius 2 is 1.85 bits per heavy atom. The molecule has 0 saturated carbocycles. The van der Waals surface area contributed by atoms with E-state index < -0.39 is 0 Å². The van der Waals surface area contributed by atoms with E-state index in [0.29, 0.717) is 13.2 Å². The Balaban J connectivity index is 1.65. The lowest BCUT2D eigenvalue weighted by Gasteiger charge is -2.22. The zero-order valence-electron chi connectivity index (χ0n) is 12.9. The molecule has 1 aliphatic rings. The van der Waals surface area contributed by atoms with Crippen LogP contribution < -0.4 is 4.74 Å². The highest BCUT2D eigenvalue weighted by atomic mass is 16.7. The van der Waals surface area contributed by atoms with Crippen LogP contribution in [0.15, 0.2) is 12.1 Å². The molecular weight excluding hydrogens is 252 g/mol. The summed E-state index contributed by atoms with van der Waals surface area (Å²) in [6.07, 6.45) is 4.30. The molecule has 3 heteroatoms. The zero-order chi connectivity index (χ0) is 14.4. The molecule has 1 saturated heterocycles. The minimum absolute atomic E-state index is 0.00705. The first kappa shape index (κ1) is 15.3. The average molecular weight is 278 g/mol. The molecule has 1 aromatic rings. The molecule has 0 N–H and O–H groups in total. The first-order valence-corrected chi connectivity index (χ1v) is 7.60. The van der Waals surface area contributed by atoms with Gasteiger partial charge in [-0.2, -0.15) is 0 Å². The average Bonchev–Trinajstić information content (AvgIpc) is 2.45. The summed E-state index contributed by atoms with van der Waals surface area (Å²) < 4.78 is 17.0. The third-order valence-corrected chi connectivity index (χ3v) is 3.90. The second kappa shape index (κ2) is 7.65. The summed E-state index contributed by atoms with van der Waals surface area (Å²) in [5, 5.41) is 0. The Labute approximate surface area is 122 Å². The fourth-order valence-electron chi connectivity index (χ4n) is 2.39. The monoisotopic (exact) mass is 278 g/mol. The molecule has 0 bridgehead atoms. The molecule has 1 heterocycles. The molecule has 1 unspecified atom stereocenters. The summed E-state index contributed by atoms with van der Waals surface area (Å²) in [5.41, 5.74) is 3.91. The van der Waals surface area contributed by atoms with E-state index >= 15 is 0 Å². The summed E-state index contributed by atoms with van der Waals surface area (Å²) in [6, 6.07) is 4.21. The van der Waals surface area contributed by atoms with E-state index in [1.54, 1.807) is 0 Å². The van der Waals surface area contributed by atoms with Crippen LogP contribution in [-0.4, -0.2) is 26.1 Å². The Bertz CT molecular complexity index is 399. The van der Waals surface area contributed by atoms with E-state index in [4.69, 9.17) is 14.2 Å². The van der Waals surface area contributed by atoms with Gasteiger partial charge in [0.2, 0.25) is 0 Å². The maximum absolute atomic E-state index is 5.79. The van der Waals surface area contributed by atoms with E-state index in [1.165, 1.54) is 23.1 Å². The molecule has 0 aliphatic carbocycles. The van der Waals surface area contributed by atoms with Crippen LogP contribution in [-0.2, 0) is 9.47 Å². The van der Waals surface area contributed by atoms with Crippen molar-refractivity contribution in [3.63, 3.8) is 0 Å². The van der Waals surface area contributed by atoms with Crippen molar-refractivity contribution in [1.29, 1.82) is 0 Å². The van der Waals surface area contributed by atoms with Crippen LogP contribution in [0.5, 0.6) is 5.75 Å². The van der Waals surface area contributed by atoms with Crippen LogP contribution in [0.4, 0.5) is 0 Å². The second-order valence-electron chi connectivity index (χ2n) is 5.55. The van der Waals surface area contributed by atoms with Crippen LogP contribution >= 0.6 is 0 Å². The van der Waals surface area contributed by atoms with Crippen molar-refractivity contribution >= 4 is 0 Å². The van der Waals surface area contributed by atoms with Crippen LogP contribution in [0.25, 0.3) is 0 Å². The smallest absolute Gasteiger partial charge is 0.157 e. The molecule has 2 rings (SSSR count). The summed E-state index contributed by atoms with van der Waals surface area (Å²) >= 11 is 0. The van der Waals surface area contributed by atoms with Crippen LogP contribution in [0.1, 0.15) is 42.4 Å². The van der Waals surface area contributed by atoms with Gasteiger partial charge in [-0.15, -0.1) is 0 Å². The van der Waals surface area contributed by atoms with E-state index in [0.717, 1.165) is 31.6 Å². The molecule has 0 radical (unpaired) electrons. The van der Waals surface area contributed by atoms with Crippen molar-refractivity contribution in [2.45, 2.75) is 52.7 Å².